The molecule has 0 bridgehead atoms. The van der Waals surface area contributed by atoms with Crippen LogP contribution in [0, 0.1) is 0 Å². The van der Waals surface area contributed by atoms with Crippen LogP contribution >= 0.6 is 12.4 Å². The van der Waals surface area contributed by atoms with Crippen molar-refractivity contribution in [2.24, 2.45) is 5.73 Å². The molecule has 0 unspecified atom stereocenters. The minimum absolute atomic E-state index is 0. The van der Waals surface area contributed by atoms with Gasteiger partial charge in [0.15, 0.2) is 11.4 Å². The molecule has 204 valence electrons. The fourth-order valence-corrected chi connectivity index (χ4v) is 4.77. The van der Waals surface area contributed by atoms with E-state index in [0.717, 1.165) is 31.9 Å². The molecule has 38 heavy (non-hydrogen) atoms. The number of nitrogens with one attached hydrogen (secondary N) is 1. The molecular weight excluding hydrogens is 522 g/mol. The molecule has 0 spiro atoms. The van der Waals surface area contributed by atoms with E-state index in [1.165, 1.54) is 23.6 Å². The van der Waals surface area contributed by atoms with Crippen molar-refractivity contribution in [2.75, 3.05) is 42.1 Å². The molecular formula is C24H29ClF2N8O3. The summed E-state index contributed by atoms with van der Waals surface area (Å²) >= 11 is 0. The molecule has 0 radical (unpaired) electrons. The molecule has 3 aromatic rings. The summed E-state index contributed by atoms with van der Waals surface area (Å²) in [6.07, 6.45) is 3.74. The first-order valence-corrected chi connectivity index (χ1v) is 12.1. The molecule has 1 aromatic carbocycles. The van der Waals surface area contributed by atoms with Crippen LogP contribution in [0.1, 0.15) is 30.1 Å². The second-order valence-electron chi connectivity index (χ2n) is 9.07. The van der Waals surface area contributed by atoms with Crippen molar-refractivity contribution < 1.29 is 18.3 Å². The smallest absolute Gasteiger partial charge is 0.387 e. The lowest BCUT2D eigenvalue weighted by atomic mass is 10.1. The number of pyridine rings is 1. The van der Waals surface area contributed by atoms with Crippen LogP contribution in [0.4, 0.5) is 31.9 Å². The van der Waals surface area contributed by atoms with Gasteiger partial charge in [-0.2, -0.15) is 13.8 Å². The standard InChI is InChI=1S/C24H28F2N8O3.ClH/c1-2-34-20(27)18(21(28)36)19(35)15-12-29-24(31-22(15)34)30-16-6-5-14(11-17(16)37-23(25)26)33-9-7-32(8-10-33)13-3-4-13;/h5-6,11-13,23H,2-4,7-10,27H2,1H3,(H2,28,36)(H,29,30,31);1H. The number of nitrogen functional groups attached to an aromatic ring is 1. The number of aromatic nitrogens is 3. The molecule has 11 nitrogen and oxygen atoms in total. The van der Waals surface area contributed by atoms with Gasteiger partial charge < -0.3 is 31.0 Å². The van der Waals surface area contributed by atoms with E-state index in [0.29, 0.717) is 12.6 Å². The number of alkyl halides is 2. The van der Waals surface area contributed by atoms with Crippen molar-refractivity contribution in [3.05, 3.63) is 40.2 Å². The van der Waals surface area contributed by atoms with Gasteiger partial charge in [0, 0.05) is 56.7 Å². The van der Waals surface area contributed by atoms with Crippen molar-refractivity contribution in [3.63, 3.8) is 0 Å². The number of carbonyl (C=O) groups is 1. The molecule has 1 saturated carbocycles. The van der Waals surface area contributed by atoms with Gasteiger partial charge in [-0.1, -0.05) is 0 Å². The van der Waals surface area contributed by atoms with Gasteiger partial charge in [0.2, 0.25) is 11.4 Å². The average Bonchev–Trinajstić information content (AvgIpc) is 3.71. The van der Waals surface area contributed by atoms with Gasteiger partial charge in [-0.05, 0) is 31.9 Å². The zero-order valence-corrected chi connectivity index (χ0v) is 21.5. The number of fused-ring (bicyclic) bond motifs is 1. The Bertz CT molecular complexity index is 1410. The van der Waals surface area contributed by atoms with Gasteiger partial charge in [-0.25, -0.2) is 4.98 Å². The highest BCUT2D eigenvalue weighted by molar-refractivity contribution is 6.00. The van der Waals surface area contributed by atoms with Gasteiger partial charge in [0.1, 0.15) is 11.4 Å². The number of ether oxygens (including phenoxy) is 1. The Hall–Kier alpha value is -3.71. The van der Waals surface area contributed by atoms with Gasteiger partial charge in [-0.3, -0.25) is 14.5 Å². The number of nitrogens with two attached hydrogens (primary N) is 2. The molecule has 3 heterocycles. The largest absolute Gasteiger partial charge is 0.433 e. The van der Waals surface area contributed by atoms with Crippen LogP contribution in [0.2, 0.25) is 0 Å². The predicted octanol–water partition coefficient (Wildman–Crippen LogP) is 2.54. The highest BCUT2D eigenvalue weighted by atomic mass is 35.5. The van der Waals surface area contributed by atoms with Crippen LogP contribution in [-0.2, 0) is 6.54 Å². The minimum atomic E-state index is -3.03. The number of hydrogen-bond acceptors (Lipinski definition) is 9. The third-order valence-corrected chi connectivity index (χ3v) is 6.78. The van der Waals surface area contributed by atoms with Crippen molar-refractivity contribution in [1.29, 1.82) is 0 Å². The Labute approximate surface area is 223 Å². The monoisotopic (exact) mass is 550 g/mol. The molecule has 5 N–H and O–H groups in total. The summed E-state index contributed by atoms with van der Waals surface area (Å²) in [5.41, 5.74) is 11.5. The number of anilines is 4. The summed E-state index contributed by atoms with van der Waals surface area (Å²) in [5.74, 6) is -1.08. The predicted molar refractivity (Wildman–Crippen MR) is 143 cm³/mol. The lowest BCUT2D eigenvalue weighted by molar-refractivity contribution is -0.0493. The number of benzene rings is 1. The Balaban J connectivity index is 0.00000336. The molecule has 5 rings (SSSR count). The normalized spacial score (nSPS) is 15.9. The van der Waals surface area contributed by atoms with Crippen molar-refractivity contribution in [2.45, 2.75) is 39.0 Å². The SMILES string of the molecule is CCn1c(N)c(C(N)=O)c(=O)c2cnc(Nc3ccc(N4CCN(C5CC5)CC4)cc3OC(F)F)nc21.Cl. The molecule has 1 saturated heterocycles. The number of primary amides is 1. The van der Waals surface area contributed by atoms with E-state index < -0.39 is 17.9 Å². The van der Waals surface area contributed by atoms with Gasteiger partial charge in [0.25, 0.3) is 5.91 Å². The van der Waals surface area contributed by atoms with Crippen molar-refractivity contribution in [1.82, 2.24) is 19.4 Å². The number of nitrogens with zero attached hydrogens (tertiary/aromatic N) is 5. The summed E-state index contributed by atoms with van der Waals surface area (Å²) in [5, 5.41) is 2.96. The van der Waals surface area contributed by atoms with E-state index in [4.69, 9.17) is 16.2 Å². The van der Waals surface area contributed by atoms with Gasteiger partial charge >= 0.3 is 6.61 Å². The summed E-state index contributed by atoms with van der Waals surface area (Å²) in [6.45, 7) is 2.49. The maximum absolute atomic E-state index is 13.3. The first kappa shape index (κ1) is 27.3. The van der Waals surface area contributed by atoms with E-state index >= 15 is 0 Å². The third kappa shape index (κ3) is 5.29. The highest BCUT2D eigenvalue weighted by Gasteiger charge is 2.31. The number of amides is 1. The fraction of sp³-hybridized carbons (Fsp3) is 0.417. The number of aryl methyl sites for hydroxylation is 1. The maximum Gasteiger partial charge on any atom is 0.387 e. The number of halogens is 3. The van der Waals surface area contributed by atoms with Crippen molar-refractivity contribution in [3.8, 4) is 5.75 Å². The minimum Gasteiger partial charge on any atom is -0.433 e. The quantitative estimate of drug-likeness (QED) is 0.385. The third-order valence-electron chi connectivity index (χ3n) is 6.78. The van der Waals surface area contributed by atoms with Crippen LogP contribution in [0.25, 0.3) is 11.0 Å². The van der Waals surface area contributed by atoms with Crippen LogP contribution < -0.4 is 31.8 Å². The van der Waals surface area contributed by atoms with Gasteiger partial charge in [-0.15, -0.1) is 12.4 Å². The maximum atomic E-state index is 13.3. The number of rotatable bonds is 8. The molecule has 14 heteroatoms. The summed E-state index contributed by atoms with van der Waals surface area (Å²) in [6, 6.07) is 5.72. The van der Waals surface area contributed by atoms with E-state index in [-0.39, 0.29) is 52.2 Å². The Morgan fingerprint density at radius 3 is 2.55 bits per heavy atom. The lowest BCUT2D eigenvalue weighted by Crippen LogP contribution is -2.47. The number of hydrogen-bond donors (Lipinski definition) is 3. The number of carbonyl (C=O) groups excluding carboxylic acids is 1. The summed E-state index contributed by atoms with van der Waals surface area (Å²) in [4.78, 5) is 37.7. The van der Waals surface area contributed by atoms with Crippen LogP contribution in [-0.4, -0.2) is 64.2 Å². The van der Waals surface area contributed by atoms with Crippen molar-refractivity contribution >= 4 is 52.5 Å². The molecule has 0 atom stereocenters. The topological polar surface area (TPSA) is 145 Å². The Morgan fingerprint density at radius 2 is 1.95 bits per heavy atom. The Kier molecular flexibility index (Phi) is 7.88. The summed E-state index contributed by atoms with van der Waals surface area (Å²) in [7, 11) is 0. The van der Waals surface area contributed by atoms with Crippen LogP contribution in [0.15, 0.2) is 29.2 Å². The second-order valence-corrected chi connectivity index (χ2v) is 9.07. The summed E-state index contributed by atoms with van der Waals surface area (Å²) < 4.78 is 32.8. The van der Waals surface area contributed by atoms with E-state index in [2.05, 4.69) is 25.1 Å². The molecule has 2 fully saturated rings. The number of piperazine rings is 1. The van der Waals surface area contributed by atoms with Crippen LogP contribution in [0.3, 0.4) is 0 Å². The molecule has 1 amide bonds. The molecule has 2 aliphatic rings. The molecule has 1 aliphatic carbocycles. The second kappa shape index (κ2) is 11.0. The van der Waals surface area contributed by atoms with E-state index in [1.807, 2.05) is 6.07 Å². The first-order chi connectivity index (χ1) is 17.8. The zero-order valence-electron chi connectivity index (χ0n) is 20.7. The first-order valence-electron chi connectivity index (χ1n) is 12.1. The highest BCUT2D eigenvalue weighted by Crippen LogP contribution is 2.34. The zero-order chi connectivity index (χ0) is 26.3. The van der Waals surface area contributed by atoms with E-state index in [1.54, 1.807) is 19.1 Å². The van der Waals surface area contributed by atoms with E-state index in [9.17, 15) is 18.4 Å². The molecule has 2 aromatic heterocycles. The fourth-order valence-electron chi connectivity index (χ4n) is 4.77. The van der Waals surface area contributed by atoms with Gasteiger partial charge in [0.05, 0.1) is 11.1 Å². The Morgan fingerprint density at radius 1 is 1.24 bits per heavy atom. The molecule has 1 aliphatic heterocycles. The van der Waals surface area contributed by atoms with Crippen LogP contribution in [0.5, 0.6) is 5.75 Å². The average molecular weight is 551 g/mol. The lowest BCUT2D eigenvalue weighted by Gasteiger charge is -2.36.